The predicted octanol–water partition coefficient (Wildman–Crippen LogP) is 3.22. The fraction of sp³-hybridized carbons (Fsp3) is 0.348. The van der Waals surface area contributed by atoms with Crippen LogP contribution in [0.2, 0.25) is 5.02 Å². The molecule has 1 aromatic carbocycles. The first-order chi connectivity index (χ1) is 16.1. The van der Waals surface area contributed by atoms with Crippen molar-refractivity contribution in [2.24, 2.45) is 7.05 Å². The van der Waals surface area contributed by atoms with Gasteiger partial charge in [0.1, 0.15) is 17.7 Å². The number of nitrogens with zero attached hydrogens (tertiary/aromatic N) is 4. The summed E-state index contributed by atoms with van der Waals surface area (Å²) >= 11 is 5.96. The van der Waals surface area contributed by atoms with E-state index in [0.29, 0.717) is 22.1 Å². The van der Waals surface area contributed by atoms with Gasteiger partial charge in [-0.15, -0.1) is 0 Å². The minimum atomic E-state index is -2.98. The molecule has 3 heterocycles. The zero-order valence-corrected chi connectivity index (χ0v) is 19.4. The van der Waals surface area contributed by atoms with Gasteiger partial charge < -0.3 is 15.3 Å². The predicted molar refractivity (Wildman–Crippen MR) is 125 cm³/mol. The minimum absolute atomic E-state index is 0.0628. The number of hydrogen-bond donors (Lipinski definition) is 2. The summed E-state index contributed by atoms with van der Waals surface area (Å²) in [5.41, 5.74) is 0.356. The Kier molecular flexibility index (Phi) is 6.46. The van der Waals surface area contributed by atoms with Gasteiger partial charge in [0, 0.05) is 38.9 Å². The van der Waals surface area contributed by atoms with Crippen LogP contribution >= 0.6 is 11.6 Å². The van der Waals surface area contributed by atoms with Crippen LogP contribution in [0.15, 0.2) is 52.2 Å². The largest absolute Gasteiger partial charge is 0.396 e. The van der Waals surface area contributed by atoms with E-state index in [9.17, 15) is 23.5 Å². The average molecular weight is 492 g/mol. The molecule has 0 spiro atoms. The number of halogens is 3. The number of pyridine rings is 1. The normalized spacial score (nSPS) is 15.4. The number of rotatable bonds is 7. The molecule has 180 valence electrons. The molecule has 11 heteroatoms. The van der Waals surface area contributed by atoms with Gasteiger partial charge in [0.2, 0.25) is 0 Å². The highest BCUT2D eigenvalue weighted by atomic mass is 35.5. The molecule has 4 rings (SSSR count). The molecule has 1 aliphatic rings. The summed E-state index contributed by atoms with van der Waals surface area (Å²) in [6, 6.07) is 9.24. The van der Waals surface area contributed by atoms with Crippen molar-refractivity contribution in [3.63, 3.8) is 0 Å². The van der Waals surface area contributed by atoms with Gasteiger partial charge in [-0.3, -0.25) is 18.9 Å². The molecule has 0 saturated carbocycles. The number of anilines is 2. The second kappa shape index (κ2) is 9.19. The maximum Gasteiger partial charge on any atom is 0.332 e. The Morgan fingerprint density at radius 2 is 1.88 bits per heavy atom. The van der Waals surface area contributed by atoms with Crippen molar-refractivity contribution in [3.05, 3.63) is 85.3 Å². The molecular weight excluding hydrogens is 468 g/mol. The Balaban J connectivity index is 1.83. The van der Waals surface area contributed by atoms with E-state index in [2.05, 4.69) is 10.3 Å². The maximum atomic E-state index is 13.7. The molecule has 1 aliphatic heterocycles. The third-order valence-corrected chi connectivity index (χ3v) is 6.02. The first-order valence-electron chi connectivity index (χ1n) is 10.7. The Morgan fingerprint density at radius 3 is 2.47 bits per heavy atom. The summed E-state index contributed by atoms with van der Waals surface area (Å²) in [6.45, 7) is 0.920. The summed E-state index contributed by atoms with van der Waals surface area (Å²) < 4.78 is 29.9. The lowest BCUT2D eigenvalue weighted by Crippen LogP contribution is -2.41. The van der Waals surface area contributed by atoms with Gasteiger partial charge in [0.25, 0.3) is 11.5 Å². The molecule has 34 heavy (non-hydrogen) atoms. The summed E-state index contributed by atoms with van der Waals surface area (Å²) in [5, 5.41) is 12.9. The summed E-state index contributed by atoms with van der Waals surface area (Å²) in [5.74, 6) is -2.67. The lowest BCUT2D eigenvalue weighted by Gasteiger charge is -2.26. The van der Waals surface area contributed by atoms with Crippen LogP contribution in [0.25, 0.3) is 0 Å². The van der Waals surface area contributed by atoms with Crippen LogP contribution in [0, 0.1) is 0 Å². The number of aromatic nitrogens is 3. The number of fused-ring (bicyclic) bond motifs is 1. The molecule has 0 amide bonds. The van der Waals surface area contributed by atoms with Crippen LogP contribution in [0.3, 0.4) is 0 Å². The van der Waals surface area contributed by atoms with Gasteiger partial charge in [-0.25, -0.2) is 13.6 Å². The number of hydrogen-bond acceptors (Lipinski definition) is 6. The van der Waals surface area contributed by atoms with Crippen LogP contribution in [0.1, 0.15) is 36.3 Å². The monoisotopic (exact) mass is 491 g/mol. The topological polar surface area (TPSA) is 92.4 Å². The van der Waals surface area contributed by atoms with Gasteiger partial charge in [0.15, 0.2) is 0 Å². The number of benzene rings is 1. The molecule has 0 aliphatic carbocycles. The van der Waals surface area contributed by atoms with Crippen LogP contribution in [0.5, 0.6) is 0 Å². The fourth-order valence-corrected chi connectivity index (χ4v) is 4.12. The fourth-order valence-electron chi connectivity index (χ4n) is 4.00. The zero-order valence-electron chi connectivity index (χ0n) is 18.6. The Bertz CT molecular complexity index is 1300. The van der Waals surface area contributed by atoms with Crippen LogP contribution in [0.4, 0.5) is 20.3 Å². The van der Waals surface area contributed by atoms with Crippen molar-refractivity contribution in [2.75, 3.05) is 16.8 Å². The quantitative estimate of drug-likeness (QED) is 0.527. The van der Waals surface area contributed by atoms with Gasteiger partial charge in [0.05, 0.1) is 17.3 Å². The van der Waals surface area contributed by atoms with E-state index in [0.717, 1.165) is 11.5 Å². The van der Waals surface area contributed by atoms with Crippen LogP contribution in [-0.4, -0.2) is 25.8 Å². The SMILES string of the molecule is Cn1c2c(c(=O)n(CCCO)c1=O)N(Cc1ccc(Cl)cn1)C(c1ccc(C(C)(F)F)cc1)N2. The van der Waals surface area contributed by atoms with Gasteiger partial charge >= 0.3 is 5.69 Å². The zero-order chi connectivity index (χ0) is 24.6. The van der Waals surface area contributed by atoms with E-state index >= 15 is 0 Å². The Morgan fingerprint density at radius 1 is 1.18 bits per heavy atom. The van der Waals surface area contributed by atoms with E-state index < -0.39 is 23.3 Å². The highest BCUT2D eigenvalue weighted by molar-refractivity contribution is 6.30. The van der Waals surface area contributed by atoms with Gasteiger partial charge in [-0.1, -0.05) is 35.9 Å². The number of nitrogens with one attached hydrogen (secondary N) is 1. The Hall–Kier alpha value is -3.24. The first kappa shape index (κ1) is 23.9. The highest BCUT2D eigenvalue weighted by Gasteiger charge is 2.36. The summed E-state index contributed by atoms with van der Waals surface area (Å²) in [7, 11) is 1.55. The van der Waals surface area contributed by atoms with Gasteiger partial charge in [-0.2, -0.15) is 0 Å². The molecule has 0 fully saturated rings. The molecule has 8 nitrogen and oxygen atoms in total. The molecular formula is C23H24ClF2N5O3. The van der Waals surface area contributed by atoms with E-state index in [1.807, 2.05) is 0 Å². The summed E-state index contributed by atoms with van der Waals surface area (Å²) in [6.07, 6.45) is 1.13. The first-order valence-corrected chi connectivity index (χ1v) is 11.1. The van der Waals surface area contributed by atoms with Gasteiger partial charge in [-0.05, 0) is 24.1 Å². The lowest BCUT2D eigenvalue weighted by molar-refractivity contribution is 0.0174. The van der Waals surface area contributed by atoms with E-state index in [1.54, 1.807) is 36.2 Å². The molecule has 1 unspecified atom stereocenters. The molecule has 2 N–H and O–H groups in total. The third kappa shape index (κ3) is 4.43. The minimum Gasteiger partial charge on any atom is -0.396 e. The molecule has 0 saturated heterocycles. The standard InChI is InChI=1S/C23H24ClF2N5O3/c1-23(25,26)15-6-4-14(5-7-15)19-28-20-18(31(19)13-17-9-8-16(24)12-27-17)21(33)30(10-3-11-32)22(34)29(20)2/h4-9,12,19,28,32H,3,10-11,13H2,1-2H3. The second-order valence-electron chi connectivity index (χ2n) is 8.23. The van der Waals surface area contributed by atoms with E-state index in [1.165, 1.54) is 22.9 Å². The van der Waals surface area contributed by atoms with Crippen molar-refractivity contribution in [1.29, 1.82) is 0 Å². The van der Waals surface area contributed by atoms with Crippen molar-refractivity contribution in [3.8, 4) is 0 Å². The molecule has 0 radical (unpaired) electrons. The van der Waals surface area contributed by atoms with Crippen molar-refractivity contribution < 1.29 is 13.9 Å². The van der Waals surface area contributed by atoms with Crippen molar-refractivity contribution in [1.82, 2.24) is 14.1 Å². The maximum absolute atomic E-state index is 13.7. The molecule has 0 bridgehead atoms. The van der Waals surface area contributed by atoms with Crippen LogP contribution < -0.4 is 21.5 Å². The molecule has 1 atom stereocenters. The Labute approximate surface area is 199 Å². The lowest BCUT2D eigenvalue weighted by atomic mass is 10.1. The second-order valence-corrected chi connectivity index (χ2v) is 8.66. The number of alkyl halides is 2. The van der Waals surface area contributed by atoms with Crippen molar-refractivity contribution >= 4 is 23.1 Å². The number of aliphatic hydroxyl groups is 1. The highest BCUT2D eigenvalue weighted by Crippen LogP contribution is 2.39. The summed E-state index contributed by atoms with van der Waals surface area (Å²) in [4.78, 5) is 32.3. The van der Waals surface area contributed by atoms with Crippen molar-refractivity contribution in [2.45, 2.75) is 38.5 Å². The molecule has 2 aromatic heterocycles. The van der Waals surface area contributed by atoms with Crippen LogP contribution in [-0.2, 0) is 26.1 Å². The molecule has 3 aromatic rings. The van der Waals surface area contributed by atoms with E-state index in [-0.39, 0.29) is 37.4 Å². The average Bonchev–Trinajstić information content (AvgIpc) is 3.18. The number of aliphatic hydroxyl groups excluding tert-OH is 1. The third-order valence-electron chi connectivity index (χ3n) is 5.79. The smallest absolute Gasteiger partial charge is 0.332 e. The van der Waals surface area contributed by atoms with E-state index in [4.69, 9.17) is 11.6 Å².